The lowest BCUT2D eigenvalue weighted by molar-refractivity contribution is -0.121. The molecule has 0 spiro atoms. The lowest BCUT2D eigenvalue weighted by atomic mass is 9.84. The van der Waals surface area contributed by atoms with E-state index in [1.165, 1.54) is 37.1 Å². The first-order valence-electron chi connectivity index (χ1n) is 11.6. The highest BCUT2D eigenvalue weighted by molar-refractivity contribution is 5.78. The molecule has 1 heterocycles. The van der Waals surface area contributed by atoms with Crippen LogP contribution in [0.1, 0.15) is 64.9 Å². The molecule has 1 aliphatic carbocycles. The molecular weight excluding hydrogens is 372 g/mol. The van der Waals surface area contributed by atoms with Crippen molar-refractivity contribution < 1.29 is 4.79 Å². The summed E-state index contributed by atoms with van der Waals surface area (Å²) in [4.78, 5) is 16.7. The molecule has 1 aromatic carbocycles. The van der Waals surface area contributed by atoms with Crippen LogP contribution in [0.4, 0.5) is 5.69 Å². The van der Waals surface area contributed by atoms with E-state index in [1.54, 1.807) is 0 Å². The van der Waals surface area contributed by atoms with Crippen LogP contribution < -0.4 is 10.2 Å². The van der Waals surface area contributed by atoms with Crippen molar-refractivity contribution in [3.8, 4) is 6.07 Å². The van der Waals surface area contributed by atoms with Crippen LogP contribution in [0.3, 0.4) is 0 Å². The molecule has 2 fully saturated rings. The van der Waals surface area contributed by atoms with E-state index in [0.29, 0.717) is 0 Å². The SMILES string of the molecule is CC(C)(C)c1cccc(N2CCN(CC[C@H]3CC[C@H](NC(=O)CC#N)CC3)CC2)c1. The number of rotatable bonds is 6. The summed E-state index contributed by atoms with van der Waals surface area (Å²) < 4.78 is 0. The molecule has 1 saturated heterocycles. The largest absolute Gasteiger partial charge is 0.369 e. The molecular formula is C25H38N4O. The van der Waals surface area contributed by atoms with Crippen molar-refractivity contribution in [2.24, 2.45) is 5.92 Å². The molecule has 5 heteroatoms. The first kappa shape index (κ1) is 22.6. The van der Waals surface area contributed by atoms with E-state index in [1.807, 2.05) is 6.07 Å². The van der Waals surface area contributed by atoms with E-state index >= 15 is 0 Å². The third kappa shape index (κ3) is 6.47. The zero-order valence-corrected chi connectivity index (χ0v) is 19.0. The lowest BCUT2D eigenvalue weighted by Gasteiger charge is -2.37. The maximum absolute atomic E-state index is 11.6. The molecule has 1 aromatic rings. The fourth-order valence-corrected chi connectivity index (χ4v) is 4.71. The Kier molecular flexibility index (Phi) is 7.77. The number of nitriles is 1. The molecule has 1 aliphatic heterocycles. The van der Waals surface area contributed by atoms with E-state index in [4.69, 9.17) is 5.26 Å². The van der Waals surface area contributed by atoms with Gasteiger partial charge < -0.3 is 10.2 Å². The second kappa shape index (κ2) is 10.3. The third-order valence-corrected chi connectivity index (χ3v) is 6.75. The molecule has 30 heavy (non-hydrogen) atoms. The average Bonchev–Trinajstić information content (AvgIpc) is 2.73. The minimum atomic E-state index is -0.119. The first-order valence-corrected chi connectivity index (χ1v) is 11.6. The second-order valence-corrected chi connectivity index (χ2v) is 10.0. The number of piperazine rings is 1. The highest BCUT2D eigenvalue weighted by atomic mass is 16.1. The summed E-state index contributed by atoms with van der Waals surface area (Å²) in [6, 6.07) is 11.2. The van der Waals surface area contributed by atoms with Crippen molar-refractivity contribution in [3.05, 3.63) is 29.8 Å². The highest BCUT2D eigenvalue weighted by Crippen LogP contribution is 2.29. The fraction of sp³-hybridized carbons (Fsp3) is 0.680. The molecule has 0 atom stereocenters. The molecule has 1 N–H and O–H groups in total. The molecule has 2 aliphatic rings. The maximum Gasteiger partial charge on any atom is 0.234 e. The molecule has 0 radical (unpaired) electrons. The summed E-state index contributed by atoms with van der Waals surface area (Å²) in [6.07, 6.45) is 5.73. The number of nitrogens with one attached hydrogen (secondary N) is 1. The number of carbonyl (C=O) groups is 1. The lowest BCUT2D eigenvalue weighted by Crippen LogP contribution is -2.47. The predicted octanol–water partition coefficient (Wildman–Crippen LogP) is 4.08. The Hall–Kier alpha value is -2.06. The van der Waals surface area contributed by atoms with Gasteiger partial charge in [-0.1, -0.05) is 32.9 Å². The zero-order chi connectivity index (χ0) is 21.6. The quantitative estimate of drug-likeness (QED) is 0.767. The van der Waals surface area contributed by atoms with Gasteiger partial charge in [-0.3, -0.25) is 9.69 Å². The van der Waals surface area contributed by atoms with Crippen LogP contribution in [0.25, 0.3) is 0 Å². The van der Waals surface area contributed by atoms with Crippen molar-refractivity contribution in [3.63, 3.8) is 0 Å². The summed E-state index contributed by atoms with van der Waals surface area (Å²) in [5, 5.41) is 11.6. The number of anilines is 1. The van der Waals surface area contributed by atoms with Crippen LogP contribution in [0.2, 0.25) is 0 Å². The Morgan fingerprint density at radius 2 is 1.83 bits per heavy atom. The maximum atomic E-state index is 11.6. The van der Waals surface area contributed by atoms with Crippen LogP contribution in [0, 0.1) is 17.2 Å². The zero-order valence-electron chi connectivity index (χ0n) is 19.0. The molecule has 1 amide bonds. The standard InChI is InChI=1S/C25H38N4O/c1-25(2,3)21-5-4-6-23(19-21)29-17-15-28(16-18-29)14-12-20-7-9-22(10-8-20)27-24(30)11-13-26/h4-6,19-20,22H,7-12,14-18H2,1-3H3,(H,27,30)/t20-,22-. The summed E-state index contributed by atoms with van der Waals surface area (Å²) >= 11 is 0. The van der Waals surface area contributed by atoms with Crippen molar-refractivity contribution >= 4 is 11.6 Å². The van der Waals surface area contributed by atoms with Crippen LogP contribution >= 0.6 is 0 Å². The number of amides is 1. The number of benzene rings is 1. The van der Waals surface area contributed by atoms with Gasteiger partial charge in [0.2, 0.25) is 5.91 Å². The highest BCUT2D eigenvalue weighted by Gasteiger charge is 2.24. The van der Waals surface area contributed by atoms with E-state index in [9.17, 15) is 4.79 Å². The second-order valence-electron chi connectivity index (χ2n) is 10.0. The smallest absolute Gasteiger partial charge is 0.234 e. The minimum absolute atomic E-state index is 0.0214. The molecule has 5 nitrogen and oxygen atoms in total. The summed E-state index contributed by atoms with van der Waals surface area (Å²) in [7, 11) is 0. The van der Waals surface area contributed by atoms with Gasteiger partial charge in [-0.15, -0.1) is 0 Å². The monoisotopic (exact) mass is 410 g/mol. The van der Waals surface area contributed by atoms with Gasteiger partial charge in [-0.25, -0.2) is 0 Å². The van der Waals surface area contributed by atoms with Gasteiger partial charge in [0, 0.05) is 37.9 Å². The molecule has 0 unspecified atom stereocenters. The summed E-state index contributed by atoms with van der Waals surface area (Å²) in [5.41, 5.74) is 2.95. The van der Waals surface area contributed by atoms with Crippen molar-refractivity contribution in [1.82, 2.24) is 10.2 Å². The Morgan fingerprint density at radius 1 is 1.13 bits per heavy atom. The predicted molar refractivity (Wildman–Crippen MR) is 123 cm³/mol. The van der Waals surface area contributed by atoms with E-state index in [-0.39, 0.29) is 23.8 Å². The van der Waals surface area contributed by atoms with Crippen LogP contribution in [-0.4, -0.2) is 49.6 Å². The van der Waals surface area contributed by atoms with Gasteiger partial charge >= 0.3 is 0 Å². The summed E-state index contributed by atoms with van der Waals surface area (Å²) in [5.74, 6) is 0.655. The number of hydrogen-bond donors (Lipinski definition) is 1. The van der Waals surface area contributed by atoms with Crippen molar-refractivity contribution in [1.29, 1.82) is 5.26 Å². The third-order valence-electron chi connectivity index (χ3n) is 6.75. The topological polar surface area (TPSA) is 59.4 Å². The minimum Gasteiger partial charge on any atom is -0.369 e. The fourth-order valence-electron chi connectivity index (χ4n) is 4.71. The van der Waals surface area contributed by atoms with Gasteiger partial charge in [0.05, 0.1) is 6.07 Å². The van der Waals surface area contributed by atoms with Gasteiger partial charge in [0.25, 0.3) is 0 Å². The van der Waals surface area contributed by atoms with Gasteiger partial charge in [0.1, 0.15) is 6.42 Å². The van der Waals surface area contributed by atoms with E-state index < -0.39 is 0 Å². The molecule has 3 rings (SSSR count). The number of hydrogen-bond acceptors (Lipinski definition) is 4. The van der Waals surface area contributed by atoms with E-state index in [0.717, 1.165) is 44.9 Å². The molecule has 164 valence electrons. The van der Waals surface area contributed by atoms with E-state index in [2.05, 4.69) is 60.2 Å². The molecule has 1 saturated carbocycles. The van der Waals surface area contributed by atoms with Crippen molar-refractivity contribution in [2.45, 2.75) is 70.8 Å². The van der Waals surface area contributed by atoms with Crippen LogP contribution in [0.5, 0.6) is 0 Å². The van der Waals surface area contributed by atoms with Gasteiger partial charge in [-0.2, -0.15) is 5.26 Å². The summed E-state index contributed by atoms with van der Waals surface area (Å²) in [6.45, 7) is 12.5. The Labute approximate surface area is 182 Å². The number of nitrogens with zero attached hydrogens (tertiary/aromatic N) is 3. The first-order chi connectivity index (χ1) is 14.3. The molecule has 0 aromatic heterocycles. The normalized spacial score (nSPS) is 23.1. The van der Waals surface area contributed by atoms with Gasteiger partial charge in [-0.05, 0) is 67.7 Å². The molecule has 0 bridgehead atoms. The van der Waals surface area contributed by atoms with Crippen LogP contribution in [-0.2, 0) is 10.2 Å². The Balaban J connectivity index is 1.37. The Morgan fingerprint density at radius 3 is 2.47 bits per heavy atom. The van der Waals surface area contributed by atoms with Gasteiger partial charge in [0.15, 0.2) is 0 Å². The van der Waals surface area contributed by atoms with Crippen molar-refractivity contribution in [2.75, 3.05) is 37.6 Å². The Bertz CT molecular complexity index is 732. The van der Waals surface area contributed by atoms with Crippen LogP contribution in [0.15, 0.2) is 24.3 Å². The number of carbonyl (C=O) groups excluding carboxylic acids is 1. The average molecular weight is 411 g/mol.